The Bertz CT molecular complexity index is 2680. The number of carbonyl (C=O) groups excluding carboxylic acids is 1. The minimum absolute atomic E-state index is 0.0328. The van der Waals surface area contributed by atoms with Crippen molar-refractivity contribution in [2.24, 2.45) is 0 Å². The van der Waals surface area contributed by atoms with Gasteiger partial charge in [0.25, 0.3) is 5.56 Å². The van der Waals surface area contributed by atoms with Crippen molar-refractivity contribution in [2.45, 2.75) is 70.0 Å². The number of fused-ring (bicyclic) bond motifs is 1. The fourth-order valence-corrected chi connectivity index (χ4v) is 5.26. The summed E-state index contributed by atoms with van der Waals surface area (Å²) in [5.74, 6) is -2.78. The average Bonchev–Trinajstić information content (AvgIpc) is 3.33. The Labute approximate surface area is 309 Å². The first-order chi connectivity index (χ1) is 30.6. The lowest BCUT2D eigenvalue weighted by Gasteiger charge is -2.28. The lowest BCUT2D eigenvalue weighted by Crippen LogP contribution is -2.40. The lowest BCUT2D eigenvalue weighted by molar-refractivity contribution is -0.138. The van der Waals surface area contributed by atoms with Gasteiger partial charge < -0.3 is 14.4 Å². The van der Waals surface area contributed by atoms with E-state index in [0.717, 1.165) is 11.8 Å². The Hall–Kier alpha value is -3.96. The average molecular weight is 700 g/mol. The number of rotatable bonds is 13. The van der Waals surface area contributed by atoms with Gasteiger partial charge in [0.15, 0.2) is 5.16 Å². The van der Waals surface area contributed by atoms with Crippen molar-refractivity contribution >= 4 is 17.7 Å². The van der Waals surface area contributed by atoms with Crippen molar-refractivity contribution in [2.75, 3.05) is 26.2 Å². The van der Waals surface area contributed by atoms with E-state index in [2.05, 4.69) is 4.98 Å². The molecule has 254 valence electrons. The maximum atomic E-state index is 14.7. The van der Waals surface area contributed by atoms with E-state index < -0.39 is 178 Å². The van der Waals surface area contributed by atoms with Gasteiger partial charge in [-0.15, -0.1) is 0 Å². The molecule has 48 heavy (non-hydrogen) atoms. The first-order valence-electron chi connectivity index (χ1n) is 24.0. The van der Waals surface area contributed by atoms with E-state index in [4.69, 9.17) is 26.0 Å². The number of carbonyl (C=O) groups is 1. The van der Waals surface area contributed by atoms with Crippen molar-refractivity contribution < 1.29 is 48.4 Å². The lowest BCUT2D eigenvalue weighted by atomic mass is 9.98. The normalized spacial score (nSPS) is 22.0. The van der Waals surface area contributed by atoms with Crippen molar-refractivity contribution in [3.63, 3.8) is 0 Å². The molecule has 0 fully saturated rings. The molecule has 4 aromatic rings. The van der Waals surface area contributed by atoms with Gasteiger partial charge in [-0.3, -0.25) is 9.59 Å². The van der Waals surface area contributed by atoms with Crippen LogP contribution < -0.4 is 5.56 Å². The first kappa shape index (κ1) is 18.2. The van der Waals surface area contributed by atoms with Crippen LogP contribution in [0.25, 0.3) is 11.1 Å². The SMILES string of the molecule is [2H]c1c([2H])c(C([2H])([2H])Sc2nc(=O)c3c(n2CC(=O)N(CCN(CC)CC)Cc2c([2H])c([2H])c(-c4c([2H])c([2H])c(C(F)(F)F)c(C)c4[2H])c([2H])c2[2H])C([2H])([2H])C([2H])([2H])C3([2H])[2H])c([2H])c([2H])c1F. The second-order valence-corrected chi connectivity index (χ2v) is 11.0. The van der Waals surface area contributed by atoms with E-state index in [0.29, 0.717) is 17.7 Å². The maximum Gasteiger partial charge on any atom is 0.416 e. The van der Waals surface area contributed by atoms with E-state index in [1.165, 1.54) is 0 Å². The predicted octanol–water partition coefficient (Wildman–Crippen LogP) is 7.53. The van der Waals surface area contributed by atoms with Crippen molar-refractivity contribution in [1.82, 2.24) is 19.4 Å². The summed E-state index contributed by atoms with van der Waals surface area (Å²) in [6.07, 6.45) is -15.7. The number of benzene rings is 3. The zero-order valence-corrected chi connectivity index (χ0v) is 26.6. The number of thioether (sulfide) groups is 1. The summed E-state index contributed by atoms with van der Waals surface area (Å²) in [6, 6.07) is -12.3. The van der Waals surface area contributed by atoms with Crippen LogP contribution in [0.3, 0.4) is 0 Å². The van der Waals surface area contributed by atoms with Gasteiger partial charge in [-0.05, 0) is 85.1 Å². The van der Waals surface area contributed by atoms with Gasteiger partial charge in [-0.25, -0.2) is 4.39 Å². The van der Waals surface area contributed by atoms with Gasteiger partial charge >= 0.3 is 6.18 Å². The molecular weight excluding hydrogens is 640 g/mol. The van der Waals surface area contributed by atoms with E-state index in [1.54, 1.807) is 18.7 Å². The smallest absolute Gasteiger partial charge is 0.336 e. The molecule has 0 spiro atoms. The van der Waals surface area contributed by atoms with Crippen LogP contribution in [-0.2, 0) is 42.5 Å². The van der Waals surface area contributed by atoms with Crippen molar-refractivity contribution in [1.29, 1.82) is 0 Å². The van der Waals surface area contributed by atoms with Crippen LogP contribution in [0.2, 0.25) is 0 Å². The second kappa shape index (κ2) is 15.5. The van der Waals surface area contributed by atoms with E-state index in [9.17, 15) is 27.2 Å². The van der Waals surface area contributed by atoms with Gasteiger partial charge in [0.1, 0.15) is 12.4 Å². The number of nitrogens with zero attached hydrogens (tertiary/aromatic N) is 4. The standard InChI is InChI=1S/C37H40F4N4O2S/c1-4-43(5-2)19-20-44(22-26-9-13-28(14-10-26)29-15-18-32(25(3)21-29)37(39,40)41)34(46)23-45-33-8-6-7-31(33)35(47)42-36(45)48-24-27-11-16-30(38)17-12-27/h9-18,21H,4-8,19-20,22-24H2,1-3H3/i6D2,7D2,8D2,9D,10D,11D,12D,13D,14D,15D,16D,17D,18D,21D,24D2. The molecule has 1 aliphatic carbocycles. The number of aromatic nitrogens is 2. The minimum atomic E-state index is -5.17. The zero-order valence-electron chi connectivity index (χ0n) is 44.8. The summed E-state index contributed by atoms with van der Waals surface area (Å²) < 4.78 is 219. The number of hydrogen-bond acceptors (Lipinski definition) is 5. The highest BCUT2D eigenvalue weighted by molar-refractivity contribution is 7.98. The molecule has 0 saturated heterocycles. The summed E-state index contributed by atoms with van der Waals surface area (Å²) in [6.45, 7) is 2.79. The second-order valence-electron chi connectivity index (χ2n) is 10.2. The number of likely N-dealkylation sites (N-methyl/N-ethyl adjacent to an activating group) is 1. The third kappa shape index (κ3) is 8.54. The van der Waals surface area contributed by atoms with Gasteiger partial charge in [-0.2, -0.15) is 18.2 Å². The molecule has 0 N–H and O–H groups in total. The van der Waals surface area contributed by atoms with Crippen LogP contribution in [0, 0.1) is 12.7 Å². The third-order valence-corrected chi connectivity index (χ3v) is 7.94. The first-order valence-corrected chi connectivity index (χ1v) is 15.3. The van der Waals surface area contributed by atoms with Crippen LogP contribution >= 0.6 is 11.8 Å². The molecule has 0 atom stereocenters. The van der Waals surface area contributed by atoms with Gasteiger partial charge in [0.2, 0.25) is 5.91 Å². The Kier molecular flexibility index (Phi) is 5.86. The number of alkyl halides is 3. The van der Waals surface area contributed by atoms with Gasteiger partial charge in [0.05, 0.1) is 20.6 Å². The highest BCUT2D eigenvalue weighted by Gasteiger charge is 2.32. The quantitative estimate of drug-likeness (QED) is 0.0821. The van der Waals surface area contributed by atoms with Crippen LogP contribution in [-0.4, -0.2) is 51.4 Å². The molecule has 1 aromatic heterocycles. The predicted molar refractivity (Wildman–Crippen MR) is 181 cm³/mol. The zero-order chi connectivity index (χ0) is 51.2. The summed E-state index contributed by atoms with van der Waals surface area (Å²) in [5, 5.41) is -0.976. The topological polar surface area (TPSA) is 58.4 Å². The highest BCUT2D eigenvalue weighted by atomic mass is 32.2. The molecule has 0 aliphatic heterocycles. The molecule has 3 aromatic carbocycles. The fraction of sp³-hybridized carbons (Fsp3) is 0.378. The highest BCUT2D eigenvalue weighted by Crippen LogP contribution is 2.34. The molecule has 1 amide bonds. The molecular formula is C37H40F4N4O2S. The molecule has 0 saturated carbocycles. The Morgan fingerprint density at radius 3 is 2.33 bits per heavy atom. The van der Waals surface area contributed by atoms with Crippen LogP contribution in [0.5, 0.6) is 0 Å². The van der Waals surface area contributed by atoms with Gasteiger partial charge in [0, 0.05) is 47.6 Å². The minimum Gasteiger partial charge on any atom is -0.336 e. The number of hydrogen-bond donors (Lipinski definition) is 0. The summed E-state index contributed by atoms with van der Waals surface area (Å²) in [5.41, 5.74) is -12.8. The molecule has 6 nitrogen and oxygen atoms in total. The molecule has 5 rings (SSSR count). The van der Waals surface area contributed by atoms with Crippen molar-refractivity contribution in [3.8, 4) is 11.1 Å². The van der Waals surface area contributed by atoms with Gasteiger partial charge in [-0.1, -0.05) is 73.9 Å². The fourth-order valence-electron chi connectivity index (χ4n) is 4.57. The molecule has 11 heteroatoms. The van der Waals surface area contributed by atoms with Crippen molar-refractivity contribution in [3.05, 3.63) is 116 Å². The molecule has 0 radical (unpaired) electrons. The van der Waals surface area contributed by atoms with Crippen LogP contribution in [0.4, 0.5) is 17.6 Å². The van der Waals surface area contributed by atoms with Crippen LogP contribution in [0.15, 0.2) is 76.4 Å². The van der Waals surface area contributed by atoms with E-state index in [1.807, 2.05) is 0 Å². The maximum absolute atomic E-state index is 14.7. The number of halogens is 4. The third-order valence-electron chi connectivity index (χ3n) is 7.14. The molecule has 0 unspecified atom stereocenters. The van der Waals surface area contributed by atoms with Crippen LogP contribution in [0.1, 0.15) is 79.8 Å². The summed E-state index contributed by atoms with van der Waals surface area (Å²) in [7, 11) is 0. The summed E-state index contributed by atoms with van der Waals surface area (Å²) >= 11 is -0.194. The van der Waals surface area contributed by atoms with E-state index >= 15 is 0 Å². The Balaban J connectivity index is 1.74. The van der Waals surface area contributed by atoms with E-state index in [-0.39, 0.29) is 24.9 Å². The number of amides is 1. The molecule has 1 heterocycles. The molecule has 1 aliphatic rings. The largest absolute Gasteiger partial charge is 0.416 e. The monoisotopic (exact) mass is 699 g/mol. The molecule has 0 bridgehead atoms. The Morgan fingerprint density at radius 1 is 1.00 bits per heavy atom. The summed E-state index contributed by atoms with van der Waals surface area (Å²) in [4.78, 5) is 34.8. The Morgan fingerprint density at radius 2 is 1.67 bits per heavy atom.